The van der Waals surface area contributed by atoms with Gasteiger partial charge in [0, 0.05) is 6.54 Å². The summed E-state index contributed by atoms with van der Waals surface area (Å²) in [4.78, 5) is 19.7. The molecule has 3 aromatic rings. The van der Waals surface area contributed by atoms with Crippen molar-refractivity contribution in [2.75, 3.05) is 0 Å². The maximum absolute atomic E-state index is 14.5. The van der Waals surface area contributed by atoms with E-state index < -0.39 is 5.60 Å². The summed E-state index contributed by atoms with van der Waals surface area (Å²) in [5.41, 5.74) is 7.36. The lowest BCUT2D eigenvalue weighted by atomic mass is 9.86. The monoisotopic (exact) mass is 582 g/mol. The Balaban J connectivity index is 2.02. The van der Waals surface area contributed by atoms with Crippen LogP contribution in [0.1, 0.15) is 88.3 Å². The first-order valence-electron chi connectivity index (χ1n) is 15.3. The van der Waals surface area contributed by atoms with Crippen LogP contribution >= 0.6 is 0 Å². The molecule has 0 aliphatic carbocycles. The van der Waals surface area contributed by atoms with E-state index in [0.29, 0.717) is 17.6 Å². The molecule has 0 spiro atoms. The summed E-state index contributed by atoms with van der Waals surface area (Å²) in [6, 6.07) is 21.7. The second-order valence-electron chi connectivity index (χ2n) is 12.2. The molecule has 1 N–H and O–H groups in total. The fraction of sp³-hybridized carbons (Fsp3) is 0.368. The van der Waals surface area contributed by atoms with E-state index in [9.17, 15) is 9.18 Å². The number of hydrogen-bond acceptors (Lipinski definition) is 3. The Bertz CT molecular complexity index is 1460. The van der Waals surface area contributed by atoms with Crippen molar-refractivity contribution in [3.05, 3.63) is 124 Å². The van der Waals surface area contributed by atoms with E-state index in [1.807, 2.05) is 58.9 Å². The van der Waals surface area contributed by atoms with E-state index in [2.05, 4.69) is 61.2 Å². The van der Waals surface area contributed by atoms with Crippen molar-refractivity contribution in [1.29, 1.82) is 0 Å². The lowest BCUT2D eigenvalue weighted by molar-refractivity contribution is -0.115. The minimum atomic E-state index is -0.399. The number of hydrogen-bond donors (Lipinski definition) is 1. The summed E-state index contributed by atoms with van der Waals surface area (Å²) in [7, 11) is 0. The van der Waals surface area contributed by atoms with E-state index in [1.165, 1.54) is 11.6 Å². The maximum Gasteiger partial charge on any atom is 0.252 e. The predicted octanol–water partition coefficient (Wildman–Crippen LogP) is 9.01. The normalized spacial score (nSPS) is 12.6. The summed E-state index contributed by atoms with van der Waals surface area (Å²) in [5, 5.41) is 7.45. The molecule has 3 rings (SSSR count). The molecule has 0 atom stereocenters. The summed E-state index contributed by atoms with van der Waals surface area (Å²) in [6.45, 7) is 18.2. The summed E-state index contributed by atoms with van der Waals surface area (Å²) in [6.07, 6.45) is 5.01. The first-order valence-corrected chi connectivity index (χ1v) is 15.3. The van der Waals surface area contributed by atoms with Gasteiger partial charge in [0.1, 0.15) is 11.4 Å². The molecular weight excluding hydrogens is 535 g/mol. The topological polar surface area (TPSA) is 50.7 Å². The van der Waals surface area contributed by atoms with E-state index in [-0.39, 0.29) is 24.2 Å². The van der Waals surface area contributed by atoms with Crippen molar-refractivity contribution in [3.8, 4) is 0 Å². The lowest BCUT2D eigenvalue weighted by Gasteiger charge is -2.20. The molecule has 5 heteroatoms. The number of halogens is 1. The summed E-state index contributed by atoms with van der Waals surface area (Å²) in [5.74, 6) is -0.385. The highest BCUT2D eigenvalue weighted by molar-refractivity contribution is 6.21. The Morgan fingerprint density at radius 3 is 2.33 bits per heavy atom. The number of benzene rings is 3. The fourth-order valence-electron chi connectivity index (χ4n) is 4.95. The van der Waals surface area contributed by atoms with Gasteiger partial charge in [-0.1, -0.05) is 93.2 Å². The van der Waals surface area contributed by atoms with Gasteiger partial charge in [-0.3, -0.25) is 4.79 Å². The highest BCUT2D eigenvalue weighted by Gasteiger charge is 2.22. The quantitative estimate of drug-likeness (QED) is 0.0946. The number of oxime groups is 1. The number of nitrogens with zero attached hydrogens (tertiary/aromatic N) is 1. The van der Waals surface area contributed by atoms with Crippen molar-refractivity contribution < 1.29 is 14.0 Å². The molecule has 1 amide bonds. The average Bonchev–Trinajstić information content (AvgIpc) is 2.97. The molecule has 3 aromatic carbocycles. The van der Waals surface area contributed by atoms with Crippen LogP contribution in [0.4, 0.5) is 4.39 Å². The fourth-order valence-corrected chi connectivity index (χ4v) is 4.95. The minimum absolute atomic E-state index is 0.0693. The second-order valence-corrected chi connectivity index (χ2v) is 12.2. The maximum atomic E-state index is 14.5. The molecule has 228 valence electrons. The highest BCUT2D eigenvalue weighted by Crippen LogP contribution is 2.30. The van der Waals surface area contributed by atoms with Crippen LogP contribution in [-0.2, 0) is 35.4 Å². The first-order chi connectivity index (χ1) is 20.4. The van der Waals surface area contributed by atoms with E-state index in [0.717, 1.165) is 52.8 Å². The van der Waals surface area contributed by atoms with Gasteiger partial charge in [0.05, 0.1) is 11.3 Å². The number of allylic oxidation sites excluding steroid dienone is 2. The van der Waals surface area contributed by atoms with Gasteiger partial charge in [0.15, 0.2) is 0 Å². The SMILES string of the molecule is C=C/C(=C(/C(=O)NCc1ccc(CC)c(F)c1)c1ccc(/C(C)=N/OC(C)(C)C)cc1CCCc1ccccc1)C(C)C. The molecule has 0 aliphatic heterocycles. The Kier molecular flexibility index (Phi) is 12.1. The number of nitrogens with one attached hydrogen (secondary N) is 1. The van der Waals surface area contributed by atoms with Crippen LogP contribution in [0.15, 0.2) is 90.1 Å². The van der Waals surface area contributed by atoms with Crippen LogP contribution < -0.4 is 5.32 Å². The van der Waals surface area contributed by atoms with Crippen molar-refractivity contribution in [2.45, 2.75) is 86.3 Å². The molecule has 0 bridgehead atoms. The highest BCUT2D eigenvalue weighted by atomic mass is 19.1. The van der Waals surface area contributed by atoms with Gasteiger partial charge in [-0.25, -0.2) is 4.39 Å². The molecular formula is C38H47FN2O2. The Labute approximate surface area is 257 Å². The zero-order chi connectivity index (χ0) is 31.6. The molecule has 0 aliphatic rings. The Hall–Kier alpha value is -3.99. The van der Waals surface area contributed by atoms with Crippen LogP contribution in [0.5, 0.6) is 0 Å². The van der Waals surface area contributed by atoms with Crippen molar-refractivity contribution >= 4 is 17.2 Å². The van der Waals surface area contributed by atoms with Crippen molar-refractivity contribution in [2.24, 2.45) is 11.1 Å². The number of carbonyl (C=O) groups is 1. The second kappa shape index (κ2) is 15.5. The summed E-state index contributed by atoms with van der Waals surface area (Å²) >= 11 is 0. The van der Waals surface area contributed by atoms with Crippen LogP contribution in [0.25, 0.3) is 5.57 Å². The van der Waals surface area contributed by atoms with Gasteiger partial charge >= 0.3 is 0 Å². The molecule has 0 radical (unpaired) electrons. The van der Waals surface area contributed by atoms with E-state index >= 15 is 0 Å². The van der Waals surface area contributed by atoms with Gasteiger partial charge < -0.3 is 10.2 Å². The molecule has 4 nitrogen and oxygen atoms in total. The predicted molar refractivity (Wildman–Crippen MR) is 178 cm³/mol. The third-order valence-corrected chi connectivity index (χ3v) is 7.31. The number of carbonyl (C=O) groups excluding carboxylic acids is 1. The van der Waals surface area contributed by atoms with Crippen LogP contribution in [0.3, 0.4) is 0 Å². The van der Waals surface area contributed by atoms with Crippen LogP contribution in [0.2, 0.25) is 0 Å². The number of aryl methyl sites for hydroxylation is 3. The smallest absolute Gasteiger partial charge is 0.252 e. The third kappa shape index (κ3) is 9.77. The van der Waals surface area contributed by atoms with Crippen molar-refractivity contribution in [3.63, 3.8) is 0 Å². The standard InChI is InChI=1S/C38H47FN2O2/c1-9-30-20-19-29(23-35(30)39)25-40-37(42)36(33(10-2)26(3)4)34-22-21-31(27(5)41-43-38(6,7)8)24-32(34)18-14-17-28-15-12-11-13-16-28/h10-13,15-16,19-24,26H,2,9,14,17-18,25H2,1,3-8H3,(H,40,42)/b36-33-,41-27+. The van der Waals surface area contributed by atoms with Gasteiger partial charge in [-0.05, 0) is 110 Å². The zero-order valence-electron chi connectivity index (χ0n) is 26.9. The molecule has 0 saturated carbocycles. The first kappa shape index (κ1) is 33.5. The van der Waals surface area contributed by atoms with Gasteiger partial charge in [-0.15, -0.1) is 0 Å². The molecule has 43 heavy (non-hydrogen) atoms. The zero-order valence-corrected chi connectivity index (χ0v) is 26.9. The third-order valence-electron chi connectivity index (χ3n) is 7.31. The molecule has 0 saturated heterocycles. The van der Waals surface area contributed by atoms with E-state index in [4.69, 9.17) is 4.84 Å². The molecule has 0 unspecified atom stereocenters. The van der Waals surface area contributed by atoms with Gasteiger partial charge in [0.25, 0.3) is 5.91 Å². The summed E-state index contributed by atoms with van der Waals surface area (Å²) < 4.78 is 14.5. The van der Waals surface area contributed by atoms with E-state index in [1.54, 1.807) is 12.1 Å². The van der Waals surface area contributed by atoms with Gasteiger partial charge in [0.2, 0.25) is 0 Å². The van der Waals surface area contributed by atoms with Crippen LogP contribution in [0, 0.1) is 11.7 Å². The Morgan fingerprint density at radius 1 is 1.00 bits per heavy atom. The van der Waals surface area contributed by atoms with Crippen LogP contribution in [-0.4, -0.2) is 17.2 Å². The minimum Gasteiger partial charge on any atom is -0.390 e. The number of amides is 1. The largest absolute Gasteiger partial charge is 0.390 e. The van der Waals surface area contributed by atoms with Crippen molar-refractivity contribution in [1.82, 2.24) is 5.32 Å². The molecule has 0 heterocycles. The Morgan fingerprint density at radius 2 is 1.72 bits per heavy atom. The average molecular weight is 583 g/mol. The number of rotatable bonds is 13. The van der Waals surface area contributed by atoms with Gasteiger partial charge in [-0.2, -0.15) is 0 Å². The molecule has 0 aromatic heterocycles. The molecule has 0 fully saturated rings. The lowest BCUT2D eigenvalue weighted by Crippen LogP contribution is -2.26.